The first-order valence-electron chi connectivity index (χ1n) is 18.7. The van der Waals surface area contributed by atoms with Gasteiger partial charge in [0.1, 0.15) is 0 Å². The number of aromatic nitrogens is 2. The molecule has 0 bridgehead atoms. The molecule has 0 saturated carbocycles. The van der Waals surface area contributed by atoms with E-state index in [-0.39, 0.29) is 0 Å². The van der Waals surface area contributed by atoms with Crippen LogP contribution < -0.4 is 0 Å². The fraction of sp³-hybridized carbons (Fsp3) is 0. The molecule has 1 aliphatic heterocycles. The van der Waals surface area contributed by atoms with Crippen LogP contribution in [0.2, 0.25) is 0 Å². The highest BCUT2D eigenvalue weighted by atomic mass is 15.0. The summed E-state index contributed by atoms with van der Waals surface area (Å²) in [5.74, 6) is 0. The van der Waals surface area contributed by atoms with Gasteiger partial charge in [0.15, 0.2) is 0 Å². The van der Waals surface area contributed by atoms with Gasteiger partial charge in [-0.15, -0.1) is 0 Å². The molecule has 0 N–H and O–H groups in total. The predicted molar refractivity (Wildman–Crippen MR) is 228 cm³/mol. The topological polar surface area (TPSA) is 9.86 Å². The second-order valence-electron chi connectivity index (χ2n) is 14.5. The van der Waals surface area contributed by atoms with E-state index in [0.29, 0.717) is 0 Å². The molecule has 1 aliphatic rings. The normalized spacial score (nSPS) is 12.1. The van der Waals surface area contributed by atoms with Crippen molar-refractivity contribution in [3.05, 3.63) is 194 Å². The number of para-hydroxylation sites is 4. The highest BCUT2D eigenvalue weighted by Gasteiger charge is 2.25. The van der Waals surface area contributed by atoms with Crippen LogP contribution in [0.1, 0.15) is 0 Å². The number of hydrogen-bond donors (Lipinski definition) is 0. The summed E-state index contributed by atoms with van der Waals surface area (Å²) in [5, 5.41) is 7.61. The molecule has 0 amide bonds. The van der Waals surface area contributed by atoms with E-state index in [9.17, 15) is 0 Å². The minimum atomic E-state index is 1.18. The highest BCUT2D eigenvalue weighted by molar-refractivity contribution is 6.18. The zero-order valence-electron chi connectivity index (χ0n) is 29.4. The van der Waals surface area contributed by atoms with Crippen LogP contribution >= 0.6 is 0 Å². The van der Waals surface area contributed by atoms with E-state index in [2.05, 4.69) is 203 Å². The first-order valence-corrected chi connectivity index (χ1v) is 18.7. The lowest BCUT2D eigenvalue weighted by Gasteiger charge is -2.13. The molecule has 250 valence electrons. The zero-order valence-corrected chi connectivity index (χ0v) is 29.4. The summed E-state index contributed by atoms with van der Waals surface area (Å²) in [6.07, 6.45) is 0. The average Bonchev–Trinajstić information content (AvgIpc) is 3.72. The summed E-state index contributed by atoms with van der Waals surface area (Å²) in [6, 6.07) is 71.5. The van der Waals surface area contributed by atoms with Gasteiger partial charge in [-0.1, -0.05) is 133 Å². The monoisotopic (exact) mass is 684 g/mol. The Morgan fingerprint density at radius 2 is 0.796 bits per heavy atom. The molecule has 0 aliphatic carbocycles. The number of hydrogen-bond acceptors (Lipinski definition) is 0. The van der Waals surface area contributed by atoms with Gasteiger partial charge in [0.05, 0.1) is 27.8 Å². The highest BCUT2D eigenvalue weighted by Crippen LogP contribution is 2.48. The maximum atomic E-state index is 2.50. The average molecular weight is 685 g/mol. The minimum Gasteiger partial charge on any atom is -0.309 e. The van der Waals surface area contributed by atoms with E-state index < -0.39 is 0 Å². The Morgan fingerprint density at radius 3 is 1.54 bits per heavy atom. The Hall–Kier alpha value is -7.16. The molecule has 2 nitrogen and oxygen atoms in total. The standard InChI is InChI=1S/C52H32N2/c1-2-13-39(14-3-1)53-48-19-8-7-16-41(48)46-31-37(25-27-50(46)53)33-21-23-34(24-22-33)38-26-28-51-47(32-38)43-18-10-17-42-45-30-36-12-5-4-11-35(36)29-44(45)40-15-6-9-20-49(40)54(51)52(42)43/h1-32H. The molecule has 0 unspecified atom stereocenters. The van der Waals surface area contributed by atoms with Gasteiger partial charge >= 0.3 is 0 Å². The number of fused-ring (bicyclic) bond motifs is 12. The molecule has 12 rings (SSSR count). The molecule has 9 aromatic carbocycles. The molecule has 0 radical (unpaired) electrons. The molecule has 0 saturated heterocycles. The Morgan fingerprint density at radius 1 is 0.278 bits per heavy atom. The maximum Gasteiger partial charge on any atom is 0.0619 e. The van der Waals surface area contributed by atoms with E-state index in [1.54, 1.807) is 0 Å². The molecule has 2 aromatic heterocycles. The number of rotatable bonds is 3. The van der Waals surface area contributed by atoms with E-state index in [0.717, 1.165) is 0 Å². The molecule has 0 atom stereocenters. The molecular weight excluding hydrogens is 653 g/mol. The van der Waals surface area contributed by atoms with Crippen molar-refractivity contribution >= 4 is 54.4 Å². The first-order chi connectivity index (χ1) is 26.8. The van der Waals surface area contributed by atoms with Gasteiger partial charge in [-0.25, -0.2) is 0 Å². The minimum absolute atomic E-state index is 1.18. The smallest absolute Gasteiger partial charge is 0.0619 e. The predicted octanol–water partition coefficient (Wildman–Crippen LogP) is 14.0. The molecule has 0 fully saturated rings. The second kappa shape index (κ2) is 11.2. The number of benzene rings is 9. The molecule has 54 heavy (non-hydrogen) atoms. The molecule has 0 spiro atoms. The van der Waals surface area contributed by atoms with E-state index in [4.69, 9.17) is 0 Å². The van der Waals surface area contributed by atoms with Crippen molar-refractivity contribution in [2.24, 2.45) is 0 Å². The lowest BCUT2D eigenvalue weighted by Crippen LogP contribution is -1.95. The van der Waals surface area contributed by atoms with Crippen molar-refractivity contribution in [3.8, 4) is 55.9 Å². The third kappa shape index (κ3) is 4.17. The van der Waals surface area contributed by atoms with E-state index in [1.807, 2.05) is 0 Å². The lowest BCUT2D eigenvalue weighted by molar-refractivity contribution is 1.18. The van der Waals surface area contributed by atoms with Gasteiger partial charge < -0.3 is 9.13 Å². The molecule has 3 heterocycles. The van der Waals surface area contributed by atoms with Crippen LogP contribution in [0.5, 0.6) is 0 Å². The lowest BCUT2D eigenvalue weighted by atomic mass is 9.91. The first kappa shape index (κ1) is 29.4. The van der Waals surface area contributed by atoms with Crippen LogP contribution in [0, 0.1) is 0 Å². The second-order valence-corrected chi connectivity index (χ2v) is 14.5. The van der Waals surface area contributed by atoms with Gasteiger partial charge in [0, 0.05) is 38.4 Å². The Kier molecular flexibility index (Phi) is 6.09. The largest absolute Gasteiger partial charge is 0.309 e. The van der Waals surface area contributed by atoms with Crippen LogP contribution in [-0.2, 0) is 0 Å². The van der Waals surface area contributed by atoms with Crippen molar-refractivity contribution < 1.29 is 0 Å². The van der Waals surface area contributed by atoms with Crippen molar-refractivity contribution in [1.29, 1.82) is 0 Å². The van der Waals surface area contributed by atoms with Crippen LogP contribution in [0.25, 0.3) is 110 Å². The van der Waals surface area contributed by atoms with Gasteiger partial charge in [-0.3, -0.25) is 0 Å². The SMILES string of the molecule is c1ccc(-n2c3ccccc3c3cc(-c4ccc(-c5ccc6c(c5)c5cccc7c5n6-c5ccccc5-c5cc6ccccc6cc5-7)cc4)ccc32)cc1. The van der Waals surface area contributed by atoms with Crippen LogP contribution in [0.3, 0.4) is 0 Å². The zero-order chi connectivity index (χ0) is 35.3. The Labute approximate surface area is 312 Å². The number of nitrogens with zero attached hydrogens (tertiary/aromatic N) is 2. The summed E-state index contributed by atoms with van der Waals surface area (Å²) >= 11 is 0. The van der Waals surface area contributed by atoms with E-state index >= 15 is 0 Å². The quantitative estimate of drug-likeness (QED) is 0.175. The summed E-state index contributed by atoms with van der Waals surface area (Å²) in [7, 11) is 0. The summed E-state index contributed by atoms with van der Waals surface area (Å²) in [5.41, 5.74) is 17.3. The summed E-state index contributed by atoms with van der Waals surface area (Å²) in [6.45, 7) is 0. The van der Waals surface area contributed by atoms with Crippen LogP contribution in [0.4, 0.5) is 0 Å². The fourth-order valence-electron chi connectivity index (χ4n) is 9.16. The molecular formula is C52H32N2. The third-order valence-electron chi connectivity index (χ3n) is 11.6. The molecule has 2 heteroatoms. The van der Waals surface area contributed by atoms with Crippen molar-refractivity contribution in [2.75, 3.05) is 0 Å². The Bertz CT molecular complexity index is 3310. The third-order valence-corrected chi connectivity index (χ3v) is 11.6. The van der Waals surface area contributed by atoms with Gasteiger partial charge in [-0.2, -0.15) is 0 Å². The summed E-state index contributed by atoms with van der Waals surface area (Å²) in [4.78, 5) is 0. The van der Waals surface area contributed by atoms with Crippen molar-refractivity contribution in [3.63, 3.8) is 0 Å². The summed E-state index contributed by atoms with van der Waals surface area (Å²) < 4.78 is 4.87. The van der Waals surface area contributed by atoms with E-state index in [1.165, 1.54) is 110 Å². The molecule has 11 aromatic rings. The van der Waals surface area contributed by atoms with Crippen molar-refractivity contribution in [2.45, 2.75) is 0 Å². The van der Waals surface area contributed by atoms with Gasteiger partial charge in [0.25, 0.3) is 0 Å². The Balaban J connectivity index is 0.987. The van der Waals surface area contributed by atoms with Crippen LogP contribution in [0.15, 0.2) is 194 Å². The van der Waals surface area contributed by atoms with Gasteiger partial charge in [-0.05, 0) is 105 Å². The van der Waals surface area contributed by atoms with Gasteiger partial charge in [0.2, 0.25) is 0 Å². The van der Waals surface area contributed by atoms with Crippen LogP contribution in [-0.4, -0.2) is 9.13 Å². The maximum absolute atomic E-state index is 2.50. The fourth-order valence-corrected chi connectivity index (χ4v) is 9.16. The van der Waals surface area contributed by atoms with Crippen molar-refractivity contribution in [1.82, 2.24) is 9.13 Å².